The van der Waals surface area contributed by atoms with Crippen LogP contribution in [0.25, 0.3) is 0 Å². The molecule has 1 aliphatic carbocycles. The first-order valence-corrected chi connectivity index (χ1v) is 8.28. The van der Waals surface area contributed by atoms with Gasteiger partial charge in [0.05, 0.1) is 10.7 Å². The van der Waals surface area contributed by atoms with Gasteiger partial charge in [0.15, 0.2) is 5.69 Å². The number of nitrogens with zero attached hydrogens (tertiary/aromatic N) is 3. The lowest BCUT2D eigenvalue weighted by Crippen LogP contribution is -2.34. The van der Waals surface area contributed by atoms with Crippen molar-refractivity contribution < 1.29 is 18.0 Å². The first-order chi connectivity index (χ1) is 11.1. The van der Waals surface area contributed by atoms with Crippen molar-refractivity contribution in [3.63, 3.8) is 0 Å². The Kier molecular flexibility index (Phi) is 5.80. The molecular weight excluding hydrogens is 345 g/mol. The molecule has 24 heavy (non-hydrogen) atoms. The van der Waals surface area contributed by atoms with E-state index in [9.17, 15) is 18.0 Å². The van der Waals surface area contributed by atoms with Crippen LogP contribution in [0.5, 0.6) is 0 Å². The summed E-state index contributed by atoms with van der Waals surface area (Å²) in [6.07, 6.45) is -2.34. The second kappa shape index (κ2) is 7.31. The van der Waals surface area contributed by atoms with Gasteiger partial charge >= 0.3 is 6.18 Å². The van der Waals surface area contributed by atoms with Crippen LogP contribution in [0.2, 0.25) is 5.02 Å². The molecule has 5 nitrogen and oxygen atoms in total. The lowest BCUT2D eigenvalue weighted by molar-refractivity contribution is -0.141. The number of hydrogen-bond donors (Lipinski definition) is 1. The number of rotatable bonds is 7. The van der Waals surface area contributed by atoms with Gasteiger partial charge in [0.25, 0.3) is 0 Å². The van der Waals surface area contributed by atoms with E-state index in [1.165, 1.54) is 6.92 Å². The molecule has 1 amide bonds. The molecule has 2 rings (SSSR count). The Balaban J connectivity index is 2.13. The monoisotopic (exact) mass is 366 g/mol. The number of carbonyl (C=O) groups excluding carboxylic acids is 1. The summed E-state index contributed by atoms with van der Waals surface area (Å²) in [5.41, 5.74) is -0.793. The summed E-state index contributed by atoms with van der Waals surface area (Å²) < 4.78 is 40.3. The molecule has 0 aliphatic heterocycles. The summed E-state index contributed by atoms with van der Waals surface area (Å²) in [6, 6.07) is -0.839. The summed E-state index contributed by atoms with van der Waals surface area (Å²) in [5.74, 6) is -0.409. The number of amides is 1. The molecule has 1 saturated carbocycles. The zero-order valence-electron chi connectivity index (χ0n) is 14.0. The van der Waals surface area contributed by atoms with Crippen LogP contribution in [0.3, 0.4) is 0 Å². The Bertz CT molecular complexity index is 596. The van der Waals surface area contributed by atoms with Crippen LogP contribution in [0.4, 0.5) is 13.2 Å². The molecule has 1 N–H and O–H groups in total. The van der Waals surface area contributed by atoms with Crippen LogP contribution in [0.15, 0.2) is 0 Å². The molecule has 0 bridgehead atoms. The van der Waals surface area contributed by atoms with Crippen molar-refractivity contribution in [2.75, 3.05) is 27.2 Å². The zero-order valence-corrected chi connectivity index (χ0v) is 14.7. The summed E-state index contributed by atoms with van der Waals surface area (Å²) in [4.78, 5) is 14.2. The first kappa shape index (κ1) is 19.1. The number of carbonyl (C=O) groups is 1. The number of halogens is 4. The lowest BCUT2D eigenvalue weighted by Gasteiger charge is -2.16. The van der Waals surface area contributed by atoms with Crippen molar-refractivity contribution in [3.8, 4) is 0 Å². The Labute approximate surface area is 144 Å². The van der Waals surface area contributed by atoms with Crippen LogP contribution in [-0.2, 0) is 11.0 Å². The fourth-order valence-electron chi connectivity index (χ4n) is 2.49. The molecular formula is C15H22ClF3N4O. The van der Waals surface area contributed by atoms with Gasteiger partial charge < -0.3 is 10.2 Å². The average Bonchev–Trinajstić information content (AvgIpc) is 3.24. The highest BCUT2D eigenvalue weighted by Crippen LogP contribution is 2.47. The molecule has 1 unspecified atom stereocenters. The molecule has 0 radical (unpaired) electrons. The molecule has 1 aromatic heterocycles. The molecule has 1 aromatic rings. The van der Waals surface area contributed by atoms with E-state index in [-0.39, 0.29) is 16.8 Å². The molecule has 136 valence electrons. The van der Waals surface area contributed by atoms with Gasteiger partial charge in [-0.3, -0.25) is 9.48 Å². The van der Waals surface area contributed by atoms with Crippen LogP contribution in [0.1, 0.15) is 49.5 Å². The van der Waals surface area contributed by atoms with Gasteiger partial charge in [0.1, 0.15) is 6.04 Å². The maximum absolute atomic E-state index is 13.0. The second-order valence-corrected chi connectivity index (χ2v) is 6.77. The summed E-state index contributed by atoms with van der Waals surface area (Å²) >= 11 is 5.92. The molecule has 9 heteroatoms. The summed E-state index contributed by atoms with van der Waals surface area (Å²) in [7, 11) is 3.85. The minimum Gasteiger partial charge on any atom is -0.354 e. The SMILES string of the molecule is CC(C(=O)NCCCN(C)C)n1nc(C(F)(F)F)c(Cl)c1C1CC1. The van der Waals surface area contributed by atoms with Gasteiger partial charge in [-0.15, -0.1) is 0 Å². The van der Waals surface area contributed by atoms with Crippen molar-refractivity contribution in [2.45, 2.75) is 44.3 Å². The van der Waals surface area contributed by atoms with E-state index in [1.807, 2.05) is 19.0 Å². The zero-order chi connectivity index (χ0) is 18.1. The smallest absolute Gasteiger partial charge is 0.354 e. The molecule has 0 spiro atoms. The van der Waals surface area contributed by atoms with Crippen molar-refractivity contribution in [3.05, 3.63) is 16.4 Å². The minimum atomic E-state index is -4.63. The first-order valence-electron chi connectivity index (χ1n) is 7.90. The molecule has 1 aliphatic rings. The van der Waals surface area contributed by atoms with E-state index in [0.29, 0.717) is 12.2 Å². The maximum Gasteiger partial charge on any atom is 0.436 e. The van der Waals surface area contributed by atoms with E-state index in [4.69, 9.17) is 11.6 Å². The quantitative estimate of drug-likeness (QED) is 0.754. The Hall–Kier alpha value is -1.28. The Morgan fingerprint density at radius 2 is 2.08 bits per heavy atom. The largest absolute Gasteiger partial charge is 0.436 e. The predicted molar refractivity (Wildman–Crippen MR) is 85.1 cm³/mol. The fraction of sp³-hybridized carbons (Fsp3) is 0.733. The van der Waals surface area contributed by atoms with Crippen LogP contribution >= 0.6 is 11.6 Å². The lowest BCUT2D eigenvalue weighted by atomic mass is 10.2. The van der Waals surface area contributed by atoms with Gasteiger partial charge in [0, 0.05) is 12.5 Å². The number of hydrogen-bond acceptors (Lipinski definition) is 3. The fourth-order valence-corrected chi connectivity index (χ4v) is 2.88. The molecule has 0 saturated heterocycles. The highest BCUT2D eigenvalue weighted by atomic mass is 35.5. The van der Waals surface area contributed by atoms with E-state index >= 15 is 0 Å². The van der Waals surface area contributed by atoms with Gasteiger partial charge in [-0.25, -0.2) is 0 Å². The predicted octanol–water partition coefficient (Wildman–Crippen LogP) is 3.06. The molecule has 1 atom stereocenters. The number of nitrogens with one attached hydrogen (secondary N) is 1. The molecule has 1 heterocycles. The van der Waals surface area contributed by atoms with E-state index in [0.717, 1.165) is 30.5 Å². The van der Waals surface area contributed by atoms with Crippen molar-refractivity contribution in [1.82, 2.24) is 20.0 Å². The van der Waals surface area contributed by atoms with E-state index < -0.39 is 17.9 Å². The van der Waals surface area contributed by atoms with E-state index in [2.05, 4.69) is 10.4 Å². The molecule has 0 aromatic carbocycles. The van der Waals surface area contributed by atoms with Crippen molar-refractivity contribution >= 4 is 17.5 Å². The topological polar surface area (TPSA) is 50.2 Å². The van der Waals surface area contributed by atoms with Crippen molar-refractivity contribution in [1.29, 1.82) is 0 Å². The molecule has 1 fully saturated rings. The van der Waals surface area contributed by atoms with Crippen LogP contribution < -0.4 is 5.32 Å². The highest BCUT2D eigenvalue weighted by molar-refractivity contribution is 6.32. The minimum absolute atomic E-state index is 0.0508. The third-order valence-corrected chi connectivity index (χ3v) is 4.32. The van der Waals surface area contributed by atoms with Gasteiger partial charge in [-0.2, -0.15) is 18.3 Å². The standard InChI is InChI=1S/C15H22ClF3N4O/c1-9(14(24)20-7-4-8-22(2)3)23-12(10-5-6-10)11(16)13(21-23)15(17,18)19/h9-10H,4-8H2,1-3H3,(H,20,24). The number of aromatic nitrogens is 2. The third kappa shape index (κ3) is 4.42. The van der Waals surface area contributed by atoms with Gasteiger partial charge in [-0.1, -0.05) is 11.6 Å². The highest BCUT2D eigenvalue weighted by Gasteiger charge is 2.43. The maximum atomic E-state index is 13.0. The van der Waals surface area contributed by atoms with Crippen LogP contribution in [-0.4, -0.2) is 47.8 Å². The Morgan fingerprint density at radius 1 is 1.46 bits per heavy atom. The van der Waals surface area contributed by atoms with Crippen LogP contribution in [0, 0.1) is 0 Å². The van der Waals surface area contributed by atoms with Gasteiger partial charge in [-0.05, 0) is 46.8 Å². The second-order valence-electron chi connectivity index (χ2n) is 6.39. The summed E-state index contributed by atoms with van der Waals surface area (Å²) in [6.45, 7) is 2.81. The Morgan fingerprint density at radius 3 is 2.58 bits per heavy atom. The average molecular weight is 367 g/mol. The normalized spacial score (nSPS) is 16.5. The third-order valence-electron chi connectivity index (χ3n) is 3.95. The van der Waals surface area contributed by atoms with Gasteiger partial charge in [0.2, 0.25) is 5.91 Å². The number of alkyl halides is 3. The van der Waals surface area contributed by atoms with Crippen molar-refractivity contribution in [2.24, 2.45) is 0 Å². The summed E-state index contributed by atoms with van der Waals surface area (Å²) in [5, 5.41) is 5.97. The van der Waals surface area contributed by atoms with E-state index in [1.54, 1.807) is 0 Å².